The van der Waals surface area contributed by atoms with Crippen LogP contribution < -0.4 is 9.20 Å². The third kappa shape index (κ3) is 2.91. The van der Waals surface area contributed by atoms with Gasteiger partial charge in [0, 0.05) is 0 Å². The maximum atomic E-state index is 5.19. The van der Waals surface area contributed by atoms with Crippen molar-refractivity contribution in [1.82, 2.24) is 0 Å². The van der Waals surface area contributed by atoms with Gasteiger partial charge in [0.15, 0.2) is 0 Å². The van der Waals surface area contributed by atoms with E-state index >= 15 is 0 Å². The summed E-state index contributed by atoms with van der Waals surface area (Å²) in [7, 11) is 1.71. The van der Waals surface area contributed by atoms with Crippen LogP contribution in [0.3, 0.4) is 0 Å². The summed E-state index contributed by atoms with van der Waals surface area (Å²) in [5, 5.41) is 1.10. The molecule has 13 heavy (non-hydrogen) atoms. The normalized spacial score (nSPS) is 9.69. The molecular weight excluding hydrogens is 227 g/mol. The van der Waals surface area contributed by atoms with E-state index in [0.717, 1.165) is 11.1 Å². The Bertz CT molecular complexity index is 294. The van der Waals surface area contributed by atoms with Gasteiger partial charge in [-0.15, -0.1) is 0 Å². The van der Waals surface area contributed by atoms with Gasteiger partial charge in [-0.1, -0.05) is 0 Å². The first-order valence-corrected chi connectivity index (χ1v) is 6.23. The average Bonchev–Trinajstić information content (AvgIpc) is 2.15. The number of hydrogen-bond donors (Lipinski definition) is 0. The Morgan fingerprint density at radius 2 is 2.31 bits per heavy atom. The molecule has 0 fully saturated rings. The third-order valence-electron chi connectivity index (χ3n) is 1.73. The molecule has 0 radical (unpaired) electrons. The van der Waals surface area contributed by atoms with Crippen LogP contribution in [-0.4, -0.2) is 22.1 Å². The van der Waals surface area contributed by atoms with E-state index in [0.29, 0.717) is 15.0 Å². The molecular formula is C11H14OSe. The minimum atomic E-state index is 0.527. The standard InChI is InChI=1S/C11H14OSe/c1-4-7-13-10-5-6-11(12-3)9(2)8-10/h4-6,8H,1,7H2,2-3H3. The van der Waals surface area contributed by atoms with Crippen LogP contribution in [-0.2, 0) is 0 Å². The molecule has 0 saturated heterocycles. The summed E-state index contributed by atoms with van der Waals surface area (Å²) < 4.78 is 6.60. The number of ether oxygens (including phenoxy) is 1. The molecule has 1 aromatic rings. The second-order valence-electron chi connectivity index (χ2n) is 2.73. The number of hydrogen-bond acceptors (Lipinski definition) is 1. The second kappa shape index (κ2) is 5.11. The fraction of sp³-hybridized carbons (Fsp3) is 0.273. The van der Waals surface area contributed by atoms with E-state index in [1.165, 1.54) is 10.0 Å². The van der Waals surface area contributed by atoms with Crippen LogP contribution >= 0.6 is 0 Å². The molecule has 0 amide bonds. The van der Waals surface area contributed by atoms with Crippen LogP contribution in [0.25, 0.3) is 0 Å². The molecule has 0 bridgehead atoms. The summed E-state index contributed by atoms with van der Waals surface area (Å²) >= 11 is 0.527. The van der Waals surface area contributed by atoms with E-state index in [2.05, 4.69) is 25.6 Å². The van der Waals surface area contributed by atoms with Crippen molar-refractivity contribution in [3.05, 3.63) is 36.4 Å². The van der Waals surface area contributed by atoms with E-state index in [-0.39, 0.29) is 0 Å². The monoisotopic (exact) mass is 242 g/mol. The minimum absolute atomic E-state index is 0.527. The van der Waals surface area contributed by atoms with Crippen molar-refractivity contribution in [3.8, 4) is 5.75 Å². The SMILES string of the molecule is C=CC[Se]c1ccc(OC)c(C)c1. The van der Waals surface area contributed by atoms with Gasteiger partial charge in [-0.25, -0.2) is 0 Å². The summed E-state index contributed by atoms with van der Waals surface area (Å²) in [6.07, 6.45) is 1.97. The Labute approximate surface area is 86.0 Å². The van der Waals surface area contributed by atoms with Crippen molar-refractivity contribution < 1.29 is 4.74 Å². The van der Waals surface area contributed by atoms with E-state index in [1.807, 2.05) is 12.1 Å². The number of aryl methyl sites for hydroxylation is 1. The number of benzene rings is 1. The van der Waals surface area contributed by atoms with Gasteiger partial charge in [-0.2, -0.15) is 0 Å². The number of rotatable bonds is 4. The summed E-state index contributed by atoms with van der Waals surface area (Å²) in [5.41, 5.74) is 1.21. The molecule has 1 nitrogen and oxygen atoms in total. The van der Waals surface area contributed by atoms with Gasteiger partial charge in [0.1, 0.15) is 0 Å². The van der Waals surface area contributed by atoms with Gasteiger partial charge >= 0.3 is 85.7 Å². The van der Waals surface area contributed by atoms with Crippen LogP contribution in [0.1, 0.15) is 5.56 Å². The van der Waals surface area contributed by atoms with Crippen molar-refractivity contribution in [2.24, 2.45) is 0 Å². The predicted molar refractivity (Wildman–Crippen MR) is 58.1 cm³/mol. The second-order valence-corrected chi connectivity index (χ2v) is 5.03. The van der Waals surface area contributed by atoms with E-state index in [1.54, 1.807) is 7.11 Å². The quantitative estimate of drug-likeness (QED) is 0.578. The van der Waals surface area contributed by atoms with E-state index < -0.39 is 0 Å². The molecule has 0 N–H and O–H groups in total. The predicted octanol–water partition coefficient (Wildman–Crippen LogP) is 1.94. The topological polar surface area (TPSA) is 9.23 Å². The molecule has 0 spiro atoms. The fourth-order valence-corrected chi connectivity index (χ4v) is 2.64. The molecule has 0 atom stereocenters. The first-order chi connectivity index (χ1) is 6.27. The Morgan fingerprint density at radius 3 is 2.85 bits per heavy atom. The van der Waals surface area contributed by atoms with Gasteiger partial charge in [0.05, 0.1) is 0 Å². The molecule has 0 aliphatic rings. The molecule has 0 heterocycles. The average molecular weight is 241 g/mol. The first-order valence-electron chi connectivity index (χ1n) is 4.16. The van der Waals surface area contributed by atoms with Crippen LogP contribution in [0, 0.1) is 6.92 Å². The summed E-state index contributed by atoms with van der Waals surface area (Å²) in [6, 6.07) is 6.37. The van der Waals surface area contributed by atoms with E-state index in [4.69, 9.17) is 4.74 Å². The molecule has 70 valence electrons. The molecule has 0 aliphatic carbocycles. The van der Waals surface area contributed by atoms with Crippen LogP contribution in [0.15, 0.2) is 30.9 Å². The van der Waals surface area contributed by atoms with Crippen molar-refractivity contribution >= 4 is 19.4 Å². The first kappa shape index (κ1) is 10.4. The Kier molecular flexibility index (Phi) is 4.07. The van der Waals surface area contributed by atoms with Gasteiger partial charge < -0.3 is 0 Å². The van der Waals surface area contributed by atoms with Gasteiger partial charge in [0.25, 0.3) is 0 Å². The zero-order valence-electron chi connectivity index (χ0n) is 8.04. The summed E-state index contributed by atoms with van der Waals surface area (Å²) in [6.45, 7) is 5.80. The van der Waals surface area contributed by atoms with Gasteiger partial charge in [0.2, 0.25) is 0 Å². The third-order valence-corrected chi connectivity index (χ3v) is 3.81. The zero-order chi connectivity index (χ0) is 9.68. The van der Waals surface area contributed by atoms with Crippen molar-refractivity contribution in [2.45, 2.75) is 12.2 Å². The fourth-order valence-electron chi connectivity index (χ4n) is 1.10. The van der Waals surface area contributed by atoms with Crippen molar-refractivity contribution in [2.75, 3.05) is 7.11 Å². The van der Waals surface area contributed by atoms with Crippen molar-refractivity contribution in [3.63, 3.8) is 0 Å². The Balaban J connectivity index is 2.76. The number of methoxy groups -OCH3 is 1. The zero-order valence-corrected chi connectivity index (χ0v) is 9.75. The summed E-state index contributed by atoms with van der Waals surface area (Å²) in [4.78, 5) is 0. The van der Waals surface area contributed by atoms with Crippen molar-refractivity contribution in [1.29, 1.82) is 0 Å². The molecule has 1 rings (SSSR count). The van der Waals surface area contributed by atoms with E-state index in [9.17, 15) is 0 Å². The van der Waals surface area contributed by atoms with Crippen LogP contribution in [0.5, 0.6) is 5.75 Å². The van der Waals surface area contributed by atoms with Crippen LogP contribution in [0.4, 0.5) is 0 Å². The Morgan fingerprint density at radius 1 is 1.54 bits per heavy atom. The van der Waals surface area contributed by atoms with Crippen LogP contribution in [0.2, 0.25) is 5.32 Å². The van der Waals surface area contributed by atoms with Gasteiger partial charge in [-0.05, 0) is 0 Å². The Hall–Kier alpha value is -0.721. The maximum absolute atomic E-state index is 5.19. The summed E-state index contributed by atoms with van der Waals surface area (Å²) in [5.74, 6) is 0.971. The molecule has 0 saturated carbocycles. The number of allylic oxidation sites excluding steroid dienone is 1. The molecule has 2 heteroatoms. The van der Waals surface area contributed by atoms with Gasteiger partial charge in [-0.3, -0.25) is 0 Å². The molecule has 0 aliphatic heterocycles. The molecule has 0 aromatic heterocycles. The molecule has 1 aromatic carbocycles. The molecule has 0 unspecified atom stereocenters.